The number of benzene rings is 1. The SMILES string of the molecule is O=C(OC(CO)C(F)(F)F)N1CCC2(CCCN(S(=O)(=O)c3ccc(F)cc3)C2)CC1. The molecule has 2 saturated heterocycles. The number of likely N-dealkylation sites (tertiary alicyclic amines) is 1. The van der Waals surface area contributed by atoms with Crippen molar-refractivity contribution in [3.05, 3.63) is 30.1 Å². The summed E-state index contributed by atoms with van der Waals surface area (Å²) in [5.74, 6) is -0.540. The van der Waals surface area contributed by atoms with E-state index in [1.807, 2.05) is 0 Å². The lowest BCUT2D eigenvalue weighted by molar-refractivity contribution is -0.215. The number of alkyl halides is 3. The molecule has 7 nitrogen and oxygen atoms in total. The lowest BCUT2D eigenvalue weighted by Crippen LogP contribution is -2.52. The summed E-state index contributed by atoms with van der Waals surface area (Å²) in [5.41, 5.74) is -0.400. The zero-order valence-electron chi connectivity index (χ0n) is 16.6. The van der Waals surface area contributed by atoms with Crippen LogP contribution >= 0.6 is 0 Å². The number of amides is 1. The third-order valence-corrected chi connectivity index (χ3v) is 7.79. The molecule has 31 heavy (non-hydrogen) atoms. The van der Waals surface area contributed by atoms with E-state index in [2.05, 4.69) is 4.74 Å². The van der Waals surface area contributed by atoms with E-state index >= 15 is 0 Å². The van der Waals surface area contributed by atoms with Crippen molar-refractivity contribution < 1.29 is 40.6 Å². The number of halogens is 4. The van der Waals surface area contributed by atoms with Gasteiger partial charge in [0.1, 0.15) is 5.82 Å². The minimum Gasteiger partial charge on any atom is -0.434 e. The predicted octanol–water partition coefficient (Wildman–Crippen LogP) is 2.75. The summed E-state index contributed by atoms with van der Waals surface area (Å²) >= 11 is 0. The van der Waals surface area contributed by atoms with Gasteiger partial charge in [-0.15, -0.1) is 0 Å². The van der Waals surface area contributed by atoms with Crippen molar-refractivity contribution in [3.63, 3.8) is 0 Å². The van der Waals surface area contributed by atoms with Crippen LogP contribution < -0.4 is 0 Å². The molecule has 1 unspecified atom stereocenters. The van der Waals surface area contributed by atoms with Crippen LogP contribution in [0.3, 0.4) is 0 Å². The van der Waals surface area contributed by atoms with E-state index in [9.17, 15) is 30.8 Å². The van der Waals surface area contributed by atoms with Gasteiger partial charge in [0.15, 0.2) is 0 Å². The van der Waals surface area contributed by atoms with E-state index in [-0.39, 0.29) is 24.5 Å². The number of hydrogen-bond acceptors (Lipinski definition) is 5. The number of carbonyl (C=O) groups excluding carboxylic acids is 1. The van der Waals surface area contributed by atoms with Gasteiger partial charge in [-0.2, -0.15) is 17.5 Å². The van der Waals surface area contributed by atoms with Crippen molar-refractivity contribution in [1.82, 2.24) is 9.21 Å². The second-order valence-corrected chi connectivity index (χ2v) is 9.92. The van der Waals surface area contributed by atoms with E-state index in [1.165, 1.54) is 16.4 Å². The highest BCUT2D eigenvalue weighted by Crippen LogP contribution is 2.41. The lowest BCUT2D eigenvalue weighted by Gasteiger charge is -2.47. The van der Waals surface area contributed by atoms with E-state index in [4.69, 9.17) is 5.11 Å². The van der Waals surface area contributed by atoms with Crippen LogP contribution in [0.1, 0.15) is 25.7 Å². The van der Waals surface area contributed by atoms with Crippen LogP contribution in [0.4, 0.5) is 22.4 Å². The van der Waals surface area contributed by atoms with Crippen LogP contribution in [0.2, 0.25) is 0 Å². The number of aliphatic hydroxyl groups excluding tert-OH is 1. The highest BCUT2D eigenvalue weighted by molar-refractivity contribution is 7.89. The van der Waals surface area contributed by atoms with Crippen LogP contribution in [-0.2, 0) is 14.8 Å². The highest BCUT2D eigenvalue weighted by atomic mass is 32.2. The molecule has 1 N–H and O–H groups in total. The van der Waals surface area contributed by atoms with Crippen molar-refractivity contribution in [3.8, 4) is 0 Å². The van der Waals surface area contributed by atoms with Gasteiger partial charge in [0.05, 0.1) is 11.5 Å². The van der Waals surface area contributed by atoms with Crippen LogP contribution in [0.15, 0.2) is 29.2 Å². The van der Waals surface area contributed by atoms with Crippen LogP contribution in [0.25, 0.3) is 0 Å². The largest absolute Gasteiger partial charge is 0.434 e. The maximum atomic E-state index is 13.1. The molecule has 174 valence electrons. The molecule has 1 aromatic rings. The standard InChI is InChI=1S/C19H24F4N2O5S/c20-14-2-4-15(5-3-14)31(28,29)25-9-1-6-18(13-25)7-10-24(11-8-18)17(27)30-16(12-26)19(21,22)23/h2-5,16,26H,1,6-13H2. The number of nitrogens with zero attached hydrogens (tertiary/aromatic N) is 2. The van der Waals surface area contributed by atoms with Gasteiger partial charge >= 0.3 is 12.3 Å². The fourth-order valence-corrected chi connectivity index (χ4v) is 5.69. The minimum absolute atomic E-state index is 0.00541. The lowest BCUT2D eigenvalue weighted by atomic mass is 9.73. The third-order valence-electron chi connectivity index (χ3n) is 5.93. The average molecular weight is 468 g/mol. The van der Waals surface area contributed by atoms with Gasteiger partial charge in [0.25, 0.3) is 0 Å². The zero-order valence-corrected chi connectivity index (χ0v) is 17.5. The monoisotopic (exact) mass is 468 g/mol. The van der Waals surface area contributed by atoms with Crippen molar-refractivity contribution in [2.24, 2.45) is 5.41 Å². The van der Waals surface area contributed by atoms with Crippen molar-refractivity contribution in [2.75, 3.05) is 32.8 Å². The summed E-state index contributed by atoms with van der Waals surface area (Å²) < 4.78 is 82.9. The Bertz CT molecular complexity index is 884. The zero-order chi connectivity index (χ0) is 22.9. The maximum Gasteiger partial charge on any atom is 0.427 e. The highest BCUT2D eigenvalue weighted by Gasteiger charge is 2.45. The molecule has 2 fully saturated rings. The molecule has 2 aliphatic heterocycles. The Morgan fingerprint density at radius 1 is 1.13 bits per heavy atom. The molecule has 0 saturated carbocycles. The first-order valence-corrected chi connectivity index (χ1v) is 11.3. The molecular weight excluding hydrogens is 444 g/mol. The van der Waals surface area contributed by atoms with E-state index in [0.717, 1.165) is 23.5 Å². The predicted molar refractivity (Wildman–Crippen MR) is 101 cm³/mol. The Balaban J connectivity index is 1.63. The third kappa shape index (κ3) is 5.29. The van der Waals surface area contributed by atoms with Crippen LogP contribution in [0.5, 0.6) is 0 Å². The van der Waals surface area contributed by atoms with Gasteiger partial charge < -0.3 is 14.7 Å². The molecule has 1 spiro atoms. The van der Waals surface area contributed by atoms with E-state index in [0.29, 0.717) is 25.8 Å². The Morgan fingerprint density at radius 2 is 1.74 bits per heavy atom. The minimum atomic E-state index is -4.86. The van der Waals surface area contributed by atoms with Crippen LogP contribution in [0, 0.1) is 11.2 Å². The number of ether oxygens (including phenoxy) is 1. The fraction of sp³-hybridized carbons (Fsp3) is 0.632. The molecule has 2 heterocycles. The smallest absolute Gasteiger partial charge is 0.427 e. The molecule has 0 bridgehead atoms. The quantitative estimate of drug-likeness (QED) is 0.687. The molecule has 1 aromatic carbocycles. The Kier molecular flexibility index (Phi) is 6.82. The number of aliphatic hydroxyl groups is 1. The molecule has 1 atom stereocenters. The van der Waals surface area contributed by atoms with Gasteiger partial charge in [0.2, 0.25) is 16.1 Å². The molecule has 12 heteroatoms. The molecule has 0 radical (unpaired) electrons. The van der Waals surface area contributed by atoms with Crippen molar-refractivity contribution in [1.29, 1.82) is 0 Å². The maximum absolute atomic E-state index is 13.1. The topological polar surface area (TPSA) is 87.2 Å². The molecular formula is C19H24F4N2O5S. The second-order valence-electron chi connectivity index (χ2n) is 7.98. The number of sulfonamides is 1. The fourth-order valence-electron chi connectivity index (χ4n) is 4.10. The van der Waals surface area contributed by atoms with E-state index in [1.54, 1.807) is 0 Å². The van der Waals surface area contributed by atoms with Crippen molar-refractivity contribution >= 4 is 16.1 Å². The van der Waals surface area contributed by atoms with E-state index < -0.39 is 46.2 Å². The van der Waals surface area contributed by atoms with Gasteiger partial charge in [-0.05, 0) is 55.4 Å². The molecule has 3 rings (SSSR count). The van der Waals surface area contributed by atoms with Crippen molar-refractivity contribution in [2.45, 2.75) is 42.9 Å². The number of rotatable bonds is 4. The number of hydrogen-bond donors (Lipinski definition) is 1. The summed E-state index contributed by atoms with van der Waals surface area (Å²) in [7, 11) is -3.81. The molecule has 1 amide bonds. The summed E-state index contributed by atoms with van der Waals surface area (Å²) in [5, 5.41) is 8.82. The second kappa shape index (κ2) is 8.91. The molecule has 2 aliphatic rings. The first kappa shape index (κ1) is 23.7. The van der Waals surface area contributed by atoms with Gasteiger partial charge in [-0.25, -0.2) is 17.6 Å². The number of piperidine rings is 2. The Hall–Kier alpha value is -1.92. The van der Waals surface area contributed by atoms with Crippen LogP contribution in [-0.4, -0.2) is 73.9 Å². The van der Waals surface area contributed by atoms with Gasteiger partial charge in [-0.3, -0.25) is 0 Å². The van der Waals surface area contributed by atoms with Gasteiger partial charge in [0, 0.05) is 26.2 Å². The van der Waals surface area contributed by atoms with Gasteiger partial charge in [-0.1, -0.05) is 0 Å². The summed E-state index contributed by atoms with van der Waals surface area (Å²) in [6.07, 6.45) is -6.45. The molecule has 0 aromatic heterocycles. The summed E-state index contributed by atoms with van der Waals surface area (Å²) in [4.78, 5) is 13.2. The Morgan fingerprint density at radius 3 is 2.29 bits per heavy atom. The first-order valence-electron chi connectivity index (χ1n) is 9.86. The summed E-state index contributed by atoms with van der Waals surface area (Å²) in [6, 6.07) is 4.58. The first-order chi connectivity index (χ1) is 14.5. The normalized spacial score (nSPS) is 21.1. The summed E-state index contributed by atoms with van der Waals surface area (Å²) in [6.45, 7) is -0.573. The Labute approximate surface area is 177 Å². The average Bonchev–Trinajstić information content (AvgIpc) is 2.72. The number of carbonyl (C=O) groups is 1. The molecule has 0 aliphatic carbocycles.